The Morgan fingerprint density at radius 1 is 1.07 bits per heavy atom. The van der Waals surface area contributed by atoms with Crippen LogP contribution in [0.25, 0.3) is 0 Å². The summed E-state index contributed by atoms with van der Waals surface area (Å²) in [5, 5.41) is 11.7. The second kappa shape index (κ2) is 8.52. The lowest BCUT2D eigenvalue weighted by atomic mass is 10.2. The van der Waals surface area contributed by atoms with Crippen molar-refractivity contribution in [2.75, 3.05) is 36.4 Å². The molecule has 0 aromatic carbocycles. The van der Waals surface area contributed by atoms with Crippen LogP contribution in [0.5, 0.6) is 0 Å². The molecule has 1 fully saturated rings. The average Bonchev–Trinajstić information content (AvgIpc) is 3.06. The molecule has 4 heterocycles. The van der Waals surface area contributed by atoms with Crippen molar-refractivity contribution in [3.05, 3.63) is 56.3 Å². The highest BCUT2D eigenvalue weighted by Crippen LogP contribution is 2.32. The second-order valence-electron chi connectivity index (χ2n) is 6.64. The summed E-state index contributed by atoms with van der Waals surface area (Å²) in [6.07, 6.45) is 1.75. The summed E-state index contributed by atoms with van der Waals surface area (Å²) in [4.78, 5) is 20.8. The molecule has 10 heteroatoms. The molecular formula is C19H18Cl2N6OS. The van der Waals surface area contributed by atoms with Crippen LogP contribution in [-0.4, -0.2) is 52.2 Å². The maximum Gasteiger partial charge on any atom is 0.256 e. The van der Waals surface area contributed by atoms with Crippen molar-refractivity contribution in [2.24, 2.45) is 0 Å². The molecule has 0 unspecified atom stereocenters. The van der Waals surface area contributed by atoms with Crippen LogP contribution in [0.15, 0.2) is 36.5 Å². The lowest BCUT2D eigenvalue weighted by molar-refractivity contribution is 0.0747. The van der Waals surface area contributed by atoms with E-state index in [1.165, 1.54) is 11.3 Å². The summed E-state index contributed by atoms with van der Waals surface area (Å²) in [6, 6.07) is 9.29. The Hall–Kier alpha value is -2.42. The maximum atomic E-state index is 12.6. The zero-order valence-corrected chi connectivity index (χ0v) is 17.9. The molecule has 0 saturated carbocycles. The topological polar surface area (TPSA) is 74.2 Å². The number of aryl methyl sites for hydroxylation is 1. The highest BCUT2D eigenvalue weighted by atomic mass is 35.5. The van der Waals surface area contributed by atoms with Gasteiger partial charge in [-0.2, -0.15) is 0 Å². The van der Waals surface area contributed by atoms with Crippen molar-refractivity contribution in [3.8, 4) is 0 Å². The van der Waals surface area contributed by atoms with Crippen LogP contribution in [0.3, 0.4) is 0 Å². The molecule has 3 aromatic rings. The van der Waals surface area contributed by atoms with Gasteiger partial charge in [-0.15, -0.1) is 21.5 Å². The Morgan fingerprint density at radius 2 is 1.86 bits per heavy atom. The molecule has 4 rings (SSSR count). The molecule has 3 aromatic heterocycles. The van der Waals surface area contributed by atoms with Gasteiger partial charge in [-0.3, -0.25) is 4.79 Å². The quantitative estimate of drug-likeness (QED) is 0.642. The van der Waals surface area contributed by atoms with Gasteiger partial charge in [0.05, 0.1) is 9.90 Å². The van der Waals surface area contributed by atoms with E-state index in [0.717, 1.165) is 17.2 Å². The molecule has 1 amide bonds. The van der Waals surface area contributed by atoms with E-state index in [-0.39, 0.29) is 5.91 Å². The first kappa shape index (κ1) is 19.9. The number of halogens is 2. The molecule has 7 nitrogen and oxygen atoms in total. The van der Waals surface area contributed by atoms with Crippen LogP contribution >= 0.6 is 34.5 Å². The fourth-order valence-corrected chi connectivity index (χ4v) is 4.54. The van der Waals surface area contributed by atoms with Crippen LogP contribution < -0.4 is 10.2 Å². The van der Waals surface area contributed by atoms with E-state index in [2.05, 4.69) is 25.4 Å². The molecule has 0 bridgehead atoms. The first-order valence-electron chi connectivity index (χ1n) is 9.02. The number of carbonyl (C=O) groups is 1. The third-order valence-corrected chi connectivity index (χ3v) is 6.09. The fraction of sp³-hybridized carbons (Fsp3) is 0.263. The van der Waals surface area contributed by atoms with Gasteiger partial charge in [-0.25, -0.2) is 4.98 Å². The van der Waals surface area contributed by atoms with E-state index in [4.69, 9.17) is 23.2 Å². The van der Waals surface area contributed by atoms with Gasteiger partial charge in [-0.1, -0.05) is 23.2 Å². The summed E-state index contributed by atoms with van der Waals surface area (Å²) in [7, 11) is 0. The monoisotopic (exact) mass is 448 g/mol. The molecule has 1 aliphatic heterocycles. The van der Waals surface area contributed by atoms with Gasteiger partial charge in [0.25, 0.3) is 5.91 Å². The summed E-state index contributed by atoms with van der Waals surface area (Å²) >= 11 is 13.3. The highest BCUT2D eigenvalue weighted by molar-refractivity contribution is 7.20. The third kappa shape index (κ3) is 4.60. The molecule has 1 aliphatic rings. The van der Waals surface area contributed by atoms with Crippen LogP contribution in [-0.2, 0) is 0 Å². The van der Waals surface area contributed by atoms with Gasteiger partial charge >= 0.3 is 0 Å². The molecule has 0 aliphatic carbocycles. The number of nitrogens with zero attached hydrogens (tertiary/aromatic N) is 5. The Kier molecular flexibility index (Phi) is 5.84. The number of nitrogens with one attached hydrogen (secondary N) is 1. The number of hydrogen-bond acceptors (Lipinski definition) is 7. The summed E-state index contributed by atoms with van der Waals surface area (Å²) < 4.78 is 0.946. The molecule has 150 valence electrons. The molecule has 29 heavy (non-hydrogen) atoms. The zero-order chi connectivity index (χ0) is 20.4. The van der Waals surface area contributed by atoms with E-state index in [9.17, 15) is 4.79 Å². The Morgan fingerprint density at radius 3 is 2.48 bits per heavy atom. The number of pyridine rings is 1. The first-order valence-corrected chi connectivity index (χ1v) is 10.6. The number of amides is 1. The summed E-state index contributed by atoms with van der Waals surface area (Å²) in [6.45, 7) is 4.51. The van der Waals surface area contributed by atoms with E-state index >= 15 is 0 Å². The fourth-order valence-electron chi connectivity index (χ4n) is 3.09. The minimum Gasteiger partial charge on any atom is -0.352 e. The van der Waals surface area contributed by atoms with Crippen LogP contribution in [0, 0.1) is 6.92 Å². The van der Waals surface area contributed by atoms with Gasteiger partial charge < -0.3 is 15.1 Å². The smallest absolute Gasteiger partial charge is 0.256 e. The lowest BCUT2D eigenvalue weighted by Crippen LogP contribution is -2.49. The number of carbonyl (C=O) groups excluding carboxylic acids is 1. The van der Waals surface area contributed by atoms with Crippen molar-refractivity contribution < 1.29 is 4.79 Å². The minimum absolute atomic E-state index is 0.0888. The average molecular weight is 449 g/mol. The van der Waals surface area contributed by atoms with E-state index in [1.54, 1.807) is 17.2 Å². The first-order chi connectivity index (χ1) is 14.0. The number of thiophene rings is 1. The van der Waals surface area contributed by atoms with Crippen LogP contribution in [0.4, 0.5) is 17.5 Å². The molecule has 0 spiro atoms. The highest BCUT2D eigenvalue weighted by Gasteiger charge is 2.25. The Bertz CT molecular complexity index is 1020. The number of rotatable bonds is 4. The van der Waals surface area contributed by atoms with Crippen LogP contribution in [0.1, 0.15) is 15.9 Å². The number of anilines is 3. The molecule has 1 N–H and O–H groups in total. The van der Waals surface area contributed by atoms with Gasteiger partial charge in [0.15, 0.2) is 11.6 Å². The predicted molar refractivity (Wildman–Crippen MR) is 117 cm³/mol. The van der Waals surface area contributed by atoms with Crippen molar-refractivity contribution in [2.45, 2.75) is 6.92 Å². The molecular weight excluding hydrogens is 431 g/mol. The minimum atomic E-state index is -0.0888. The van der Waals surface area contributed by atoms with E-state index < -0.39 is 0 Å². The largest absolute Gasteiger partial charge is 0.352 e. The Balaban J connectivity index is 1.36. The van der Waals surface area contributed by atoms with Crippen molar-refractivity contribution in [3.63, 3.8) is 0 Å². The maximum absolute atomic E-state index is 12.6. The van der Waals surface area contributed by atoms with Gasteiger partial charge in [-0.05, 0) is 42.8 Å². The normalized spacial score (nSPS) is 14.2. The summed E-state index contributed by atoms with van der Waals surface area (Å²) in [5.41, 5.74) is 1.58. The second-order valence-corrected chi connectivity index (χ2v) is 8.92. The van der Waals surface area contributed by atoms with Crippen molar-refractivity contribution >= 4 is 57.9 Å². The van der Waals surface area contributed by atoms with Crippen molar-refractivity contribution in [1.82, 2.24) is 20.1 Å². The SMILES string of the molecule is Cc1ccnc(Nc2ccc(N3CCN(C(=O)c4cc(Cl)sc4Cl)CC3)nn2)c1. The van der Waals surface area contributed by atoms with Gasteiger partial charge in [0.2, 0.25) is 0 Å². The molecule has 1 saturated heterocycles. The number of aromatic nitrogens is 3. The molecule has 0 radical (unpaired) electrons. The predicted octanol–water partition coefficient (Wildman–Crippen LogP) is 4.25. The van der Waals surface area contributed by atoms with E-state index in [0.29, 0.717) is 46.2 Å². The number of piperazine rings is 1. The Labute approximate surface area is 182 Å². The summed E-state index contributed by atoms with van der Waals surface area (Å²) in [5.74, 6) is 2.04. The third-order valence-electron chi connectivity index (χ3n) is 4.60. The number of hydrogen-bond donors (Lipinski definition) is 1. The lowest BCUT2D eigenvalue weighted by Gasteiger charge is -2.35. The van der Waals surface area contributed by atoms with Gasteiger partial charge in [0, 0.05) is 32.4 Å². The van der Waals surface area contributed by atoms with E-state index in [1.807, 2.05) is 31.2 Å². The zero-order valence-electron chi connectivity index (χ0n) is 15.6. The molecule has 0 atom stereocenters. The van der Waals surface area contributed by atoms with Gasteiger partial charge in [0.1, 0.15) is 10.2 Å². The van der Waals surface area contributed by atoms with Crippen molar-refractivity contribution in [1.29, 1.82) is 0 Å². The standard InChI is InChI=1S/C19H18Cl2N6OS/c1-12-4-5-22-16(10-12)23-15-2-3-17(25-24-15)26-6-8-27(9-7-26)19(28)13-11-14(20)29-18(13)21/h2-5,10-11H,6-9H2,1H3,(H,22,23,24). The van der Waals surface area contributed by atoms with Crippen LogP contribution in [0.2, 0.25) is 8.67 Å².